The molecule has 1 aromatic carbocycles. The van der Waals surface area contributed by atoms with Crippen LogP contribution in [0.5, 0.6) is 5.75 Å². The molecular weight excluding hydrogens is 406 g/mol. The number of fused-ring (bicyclic) bond motifs is 1. The minimum atomic E-state index is -0.178. The van der Waals surface area contributed by atoms with Gasteiger partial charge in [0, 0.05) is 51.0 Å². The van der Waals surface area contributed by atoms with Gasteiger partial charge in [0.05, 0.1) is 0 Å². The van der Waals surface area contributed by atoms with Crippen LogP contribution in [0.25, 0.3) is 0 Å². The Kier molecular flexibility index (Phi) is 7.12. The molecule has 1 unspecified atom stereocenters. The van der Waals surface area contributed by atoms with E-state index in [-0.39, 0.29) is 29.7 Å². The maximum absolute atomic E-state index is 12.9. The molecule has 3 aliphatic heterocycles. The summed E-state index contributed by atoms with van der Waals surface area (Å²) in [4.78, 5) is 41.0. The normalized spacial score (nSPS) is 25.4. The van der Waals surface area contributed by atoms with Crippen LogP contribution in [0, 0.1) is 5.41 Å². The van der Waals surface area contributed by atoms with Crippen molar-refractivity contribution in [3.8, 4) is 5.75 Å². The van der Waals surface area contributed by atoms with E-state index >= 15 is 0 Å². The Morgan fingerprint density at radius 2 is 2.00 bits per heavy atom. The number of allylic oxidation sites excluding steroid dienone is 2. The summed E-state index contributed by atoms with van der Waals surface area (Å²) in [6, 6.07) is 7.80. The van der Waals surface area contributed by atoms with Crippen LogP contribution in [0.4, 0.5) is 0 Å². The molecular formula is C25H33N3O4. The highest BCUT2D eigenvalue weighted by atomic mass is 16.5. The Labute approximate surface area is 189 Å². The molecule has 7 nitrogen and oxygen atoms in total. The predicted octanol–water partition coefficient (Wildman–Crippen LogP) is 2.31. The molecule has 3 aliphatic rings. The summed E-state index contributed by atoms with van der Waals surface area (Å²) >= 11 is 0. The molecule has 2 fully saturated rings. The molecule has 1 N–H and O–H groups in total. The SMILES string of the molecule is O=C1COc2ccccc2C/C=C/CC2(CCCN(C(=O)CCN3CCCC3=O)C2)CN1. The van der Waals surface area contributed by atoms with E-state index in [9.17, 15) is 14.4 Å². The van der Waals surface area contributed by atoms with E-state index in [1.807, 2.05) is 29.2 Å². The fraction of sp³-hybridized carbons (Fsp3) is 0.560. The number of benzene rings is 1. The van der Waals surface area contributed by atoms with E-state index in [1.54, 1.807) is 4.90 Å². The molecule has 0 radical (unpaired) electrons. The van der Waals surface area contributed by atoms with Crippen LogP contribution < -0.4 is 10.1 Å². The van der Waals surface area contributed by atoms with Gasteiger partial charge in [-0.15, -0.1) is 0 Å². The zero-order valence-corrected chi connectivity index (χ0v) is 18.7. The predicted molar refractivity (Wildman–Crippen MR) is 121 cm³/mol. The number of rotatable bonds is 3. The van der Waals surface area contributed by atoms with Crippen molar-refractivity contribution in [3.63, 3.8) is 0 Å². The number of likely N-dealkylation sites (tertiary alicyclic amines) is 2. The highest BCUT2D eigenvalue weighted by molar-refractivity contribution is 5.80. The topological polar surface area (TPSA) is 79.0 Å². The zero-order chi connectivity index (χ0) is 22.4. The quantitative estimate of drug-likeness (QED) is 0.733. The number of hydrogen-bond donors (Lipinski definition) is 1. The van der Waals surface area contributed by atoms with Gasteiger partial charge in [0.1, 0.15) is 5.75 Å². The lowest BCUT2D eigenvalue weighted by molar-refractivity contribution is -0.136. The summed E-state index contributed by atoms with van der Waals surface area (Å²) in [6.07, 6.45) is 9.64. The van der Waals surface area contributed by atoms with E-state index in [2.05, 4.69) is 17.5 Å². The molecule has 4 rings (SSSR count). The second-order valence-corrected chi connectivity index (χ2v) is 9.21. The number of amides is 3. The van der Waals surface area contributed by atoms with Gasteiger partial charge in [-0.3, -0.25) is 14.4 Å². The first kappa shape index (κ1) is 22.4. The minimum absolute atomic E-state index is 0.0106. The highest BCUT2D eigenvalue weighted by Crippen LogP contribution is 2.34. The number of hydrogen-bond acceptors (Lipinski definition) is 4. The molecule has 3 amide bonds. The van der Waals surface area contributed by atoms with Crippen LogP contribution in [0.3, 0.4) is 0 Å². The first-order valence-electron chi connectivity index (χ1n) is 11.7. The Morgan fingerprint density at radius 1 is 1.12 bits per heavy atom. The number of carbonyl (C=O) groups is 3. The van der Waals surface area contributed by atoms with Crippen molar-refractivity contribution in [2.24, 2.45) is 5.41 Å². The van der Waals surface area contributed by atoms with Gasteiger partial charge in [-0.2, -0.15) is 0 Å². The molecule has 0 saturated carbocycles. The molecule has 1 atom stereocenters. The third-order valence-corrected chi connectivity index (χ3v) is 6.83. The zero-order valence-electron chi connectivity index (χ0n) is 18.7. The number of piperidine rings is 1. The largest absolute Gasteiger partial charge is 0.483 e. The van der Waals surface area contributed by atoms with Gasteiger partial charge < -0.3 is 19.9 Å². The summed E-state index contributed by atoms with van der Waals surface area (Å²) < 4.78 is 5.75. The maximum atomic E-state index is 12.9. The van der Waals surface area contributed by atoms with Gasteiger partial charge in [-0.25, -0.2) is 0 Å². The van der Waals surface area contributed by atoms with Crippen molar-refractivity contribution in [3.05, 3.63) is 42.0 Å². The monoisotopic (exact) mass is 439 g/mol. The van der Waals surface area contributed by atoms with Crippen LogP contribution in [0.15, 0.2) is 36.4 Å². The average molecular weight is 440 g/mol. The van der Waals surface area contributed by atoms with Crippen molar-refractivity contribution < 1.29 is 19.1 Å². The summed E-state index contributed by atoms with van der Waals surface area (Å²) in [5.74, 6) is 0.861. The third kappa shape index (κ3) is 5.50. The fourth-order valence-electron chi connectivity index (χ4n) is 4.97. The molecule has 1 spiro atoms. The molecule has 0 aromatic heterocycles. The Balaban J connectivity index is 1.41. The van der Waals surface area contributed by atoms with E-state index in [0.29, 0.717) is 32.5 Å². The number of nitrogens with zero attached hydrogens (tertiary/aromatic N) is 2. The summed E-state index contributed by atoms with van der Waals surface area (Å²) in [7, 11) is 0. The first-order chi connectivity index (χ1) is 15.5. The summed E-state index contributed by atoms with van der Waals surface area (Å²) in [5, 5.41) is 3.05. The van der Waals surface area contributed by atoms with Crippen molar-refractivity contribution in [2.75, 3.05) is 39.3 Å². The lowest BCUT2D eigenvalue weighted by Gasteiger charge is -2.43. The van der Waals surface area contributed by atoms with Crippen molar-refractivity contribution in [1.29, 1.82) is 0 Å². The Morgan fingerprint density at radius 3 is 2.84 bits per heavy atom. The lowest BCUT2D eigenvalue weighted by atomic mass is 9.76. The van der Waals surface area contributed by atoms with Gasteiger partial charge in [0.25, 0.3) is 5.91 Å². The molecule has 0 bridgehead atoms. The Bertz CT molecular complexity index is 884. The number of nitrogens with one attached hydrogen (secondary N) is 1. The van der Waals surface area contributed by atoms with Gasteiger partial charge >= 0.3 is 0 Å². The number of ether oxygens (including phenoxy) is 1. The molecule has 0 aliphatic carbocycles. The van der Waals surface area contributed by atoms with Gasteiger partial charge in [-0.1, -0.05) is 30.4 Å². The van der Waals surface area contributed by atoms with Crippen molar-refractivity contribution in [1.82, 2.24) is 15.1 Å². The van der Waals surface area contributed by atoms with Crippen LogP contribution in [0.2, 0.25) is 0 Å². The first-order valence-corrected chi connectivity index (χ1v) is 11.7. The summed E-state index contributed by atoms with van der Waals surface area (Å²) in [6.45, 7) is 3.15. The maximum Gasteiger partial charge on any atom is 0.257 e. The third-order valence-electron chi connectivity index (χ3n) is 6.83. The van der Waals surface area contributed by atoms with Crippen molar-refractivity contribution in [2.45, 2.75) is 44.9 Å². The number of para-hydroxylation sites is 1. The van der Waals surface area contributed by atoms with Crippen LogP contribution in [-0.2, 0) is 20.8 Å². The molecule has 1 aromatic rings. The second-order valence-electron chi connectivity index (χ2n) is 9.21. The second kappa shape index (κ2) is 10.2. The lowest BCUT2D eigenvalue weighted by Crippen LogP contribution is -2.51. The van der Waals surface area contributed by atoms with Crippen molar-refractivity contribution >= 4 is 17.7 Å². The van der Waals surface area contributed by atoms with E-state index < -0.39 is 0 Å². The molecule has 2 saturated heterocycles. The van der Waals surface area contributed by atoms with Crippen LogP contribution in [0.1, 0.15) is 44.1 Å². The summed E-state index contributed by atoms with van der Waals surface area (Å²) in [5.41, 5.74) is 0.880. The molecule has 7 heteroatoms. The fourth-order valence-corrected chi connectivity index (χ4v) is 4.97. The molecule has 3 heterocycles. The molecule has 32 heavy (non-hydrogen) atoms. The van der Waals surface area contributed by atoms with Crippen LogP contribution in [-0.4, -0.2) is 66.9 Å². The number of carbonyl (C=O) groups excluding carboxylic acids is 3. The Hall–Kier alpha value is -2.83. The standard InChI is InChI=1S/C25H33N3O4/c29-22-17-32-21-9-2-1-7-20(21)8-3-4-12-25(18-26-22)13-6-15-28(19-25)24(31)11-16-27-14-5-10-23(27)30/h1-4,7,9H,5-6,8,10-19H2,(H,26,29)/b4-3+. The van der Waals surface area contributed by atoms with Gasteiger partial charge in [0.15, 0.2) is 6.61 Å². The van der Waals surface area contributed by atoms with E-state index in [1.165, 1.54) is 0 Å². The molecule has 172 valence electrons. The van der Waals surface area contributed by atoms with E-state index in [0.717, 1.165) is 56.5 Å². The minimum Gasteiger partial charge on any atom is -0.483 e. The van der Waals surface area contributed by atoms with Gasteiger partial charge in [-0.05, 0) is 43.7 Å². The van der Waals surface area contributed by atoms with E-state index in [4.69, 9.17) is 4.74 Å². The van der Waals surface area contributed by atoms with Crippen LogP contribution >= 0.6 is 0 Å². The highest BCUT2D eigenvalue weighted by Gasteiger charge is 2.37. The smallest absolute Gasteiger partial charge is 0.257 e. The average Bonchev–Trinajstić information content (AvgIpc) is 3.22. The van der Waals surface area contributed by atoms with Gasteiger partial charge in [0.2, 0.25) is 11.8 Å².